The van der Waals surface area contributed by atoms with Gasteiger partial charge in [0.1, 0.15) is 0 Å². The number of fused-ring (bicyclic) bond motifs is 1. The minimum absolute atomic E-state index is 0.0323. The number of ketones is 2. The SMILES string of the molecule is CCCC(=O)c1ccc2c([O])cccc2c1C(=O)CCC. The van der Waals surface area contributed by atoms with Gasteiger partial charge in [-0.1, -0.05) is 26.0 Å². The van der Waals surface area contributed by atoms with E-state index in [1.807, 2.05) is 13.8 Å². The lowest BCUT2D eigenvalue weighted by atomic mass is 9.90. The Kier molecular flexibility index (Phi) is 4.73. The van der Waals surface area contributed by atoms with Crippen LogP contribution in [0.4, 0.5) is 0 Å². The van der Waals surface area contributed by atoms with Crippen molar-refractivity contribution in [1.82, 2.24) is 0 Å². The van der Waals surface area contributed by atoms with Crippen LogP contribution in [0.3, 0.4) is 0 Å². The molecule has 0 saturated carbocycles. The molecular formula is C18H19O3. The van der Waals surface area contributed by atoms with Crippen molar-refractivity contribution >= 4 is 22.3 Å². The molecule has 0 spiro atoms. The third-order valence-electron chi connectivity index (χ3n) is 3.55. The number of rotatable bonds is 6. The predicted octanol–water partition coefficient (Wildman–Crippen LogP) is 4.95. The zero-order valence-corrected chi connectivity index (χ0v) is 12.4. The van der Waals surface area contributed by atoms with Gasteiger partial charge in [0.2, 0.25) is 0 Å². The molecule has 0 N–H and O–H groups in total. The highest BCUT2D eigenvalue weighted by atomic mass is 16.3. The second kappa shape index (κ2) is 6.53. The highest BCUT2D eigenvalue weighted by Gasteiger charge is 2.20. The zero-order valence-electron chi connectivity index (χ0n) is 12.4. The van der Waals surface area contributed by atoms with Crippen molar-refractivity contribution in [2.75, 3.05) is 0 Å². The number of Topliss-reactive ketones (excluding diaryl/α,β-unsaturated/α-hetero) is 2. The van der Waals surface area contributed by atoms with E-state index >= 15 is 0 Å². The molecule has 0 amide bonds. The van der Waals surface area contributed by atoms with E-state index in [1.165, 1.54) is 6.07 Å². The van der Waals surface area contributed by atoms with Crippen LogP contribution in [0.25, 0.3) is 10.8 Å². The van der Waals surface area contributed by atoms with Gasteiger partial charge in [-0.3, -0.25) is 14.7 Å². The Hall–Kier alpha value is -2.16. The van der Waals surface area contributed by atoms with Gasteiger partial charge >= 0.3 is 0 Å². The summed E-state index contributed by atoms with van der Waals surface area (Å²) in [5.41, 5.74) is 0.874. The van der Waals surface area contributed by atoms with Gasteiger partial charge in [-0.05, 0) is 36.4 Å². The van der Waals surface area contributed by atoms with E-state index in [-0.39, 0.29) is 17.3 Å². The second-order valence-corrected chi connectivity index (χ2v) is 5.19. The van der Waals surface area contributed by atoms with E-state index in [9.17, 15) is 14.7 Å². The second-order valence-electron chi connectivity index (χ2n) is 5.19. The van der Waals surface area contributed by atoms with Crippen molar-refractivity contribution in [3.8, 4) is 5.75 Å². The summed E-state index contributed by atoms with van der Waals surface area (Å²) in [6.07, 6.45) is 2.25. The molecule has 2 aromatic rings. The van der Waals surface area contributed by atoms with Crippen LogP contribution >= 0.6 is 0 Å². The standard InChI is InChI=1S/C18H19O3/c1-3-6-15(19)14-11-10-12-13(8-5-9-16(12)20)18(14)17(21)7-4-2/h5,8-11H,3-4,6-7H2,1-2H3. The average molecular weight is 283 g/mol. The minimum Gasteiger partial charge on any atom is -0.294 e. The first-order valence-corrected chi connectivity index (χ1v) is 7.39. The molecule has 0 aliphatic heterocycles. The fraction of sp³-hybridized carbons (Fsp3) is 0.333. The van der Waals surface area contributed by atoms with E-state index in [1.54, 1.807) is 24.3 Å². The van der Waals surface area contributed by atoms with Gasteiger partial charge in [-0.2, -0.15) is 0 Å². The van der Waals surface area contributed by atoms with Crippen molar-refractivity contribution in [2.45, 2.75) is 39.5 Å². The Morgan fingerprint density at radius 1 is 0.857 bits per heavy atom. The minimum atomic E-state index is -0.118. The first kappa shape index (κ1) is 15.2. The number of benzene rings is 2. The summed E-state index contributed by atoms with van der Waals surface area (Å²) in [5.74, 6) is -0.212. The van der Waals surface area contributed by atoms with Gasteiger partial charge in [0, 0.05) is 29.4 Å². The molecule has 0 aromatic heterocycles. The predicted molar refractivity (Wildman–Crippen MR) is 82.6 cm³/mol. The zero-order chi connectivity index (χ0) is 15.4. The molecule has 0 aliphatic rings. The normalized spacial score (nSPS) is 10.8. The van der Waals surface area contributed by atoms with Crippen LogP contribution in [0.15, 0.2) is 30.3 Å². The van der Waals surface area contributed by atoms with Crippen molar-refractivity contribution in [3.05, 3.63) is 41.5 Å². The van der Waals surface area contributed by atoms with Crippen LogP contribution in [-0.2, 0) is 5.11 Å². The van der Waals surface area contributed by atoms with Gasteiger partial charge in [0.15, 0.2) is 17.3 Å². The number of carbonyl (C=O) groups excluding carboxylic acids is 2. The molecule has 2 aromatic carbocycles. The van der Waals surface area contributed by atoms with Gasteiger partial charge in [-0.15, -0.1) is 0 Å². The Labute approximate surface area is 124 Å². The van der Waals surface area contributed by atoms with Crippen LogP contribution in [0.5, 0.6) is 5.75 Å². The smallest absolute Gasteiger partial charge is 0.186 e. The summed E-state index contributed by atoms with van der Waals surface area (Å²) >= 11 is 0. The van der Waals surface area contributed by atoms with Gasteiger partial charge in [0.25, 0.3) is 0 Å². The fourth-order valence-electron chi connectivity index (χ4n) is 2.58. The molecule has 3 heteroatoms. The topological polar surface area (TPSA) is 54.0 Å². The highest BCUT2D eigenvalue weighted by Crippen LogP contribution is 2.31. The fourth-order valence-corrected chi connectivity index (χ4v) is 2.58. The average Bonchev–Trinajstić information content (AvgIpc) is 2.47. The lowest BCUT2D eigenvalue weighted by molar-refractivity contribution is 0.0950. The summed E-state index contributed by atoms with van der Waals surface area (Å²) in [5, 5.41) is 13.0. The Morgan fingerprint density at radius 2 is 1.52 bits per heavy atom. The lowest BCUT2D eigenvalue weighted by Crippen LogP contribution is -2.09. The summed E-state index contributed by atoms with van der Waals surface area (Å²) in [4.78, 5) is 24.7. The maximum Gasteiger partial charge on any atom is 0.186 e. The van der Waals surface area contributed by atoms with Crippen molar-refractivity contribution in [2.24, 2.45) is 0 Å². The van der Waals surface area contributed by atoms with Crippen molar-refractivity contribution in [3.63, 3.8) is 0 Å². The van der Waals surface area contributed by atoms with Gasteiger partial charge < -0.3 is 0 Å². The summed E-state index contributed by atoms with van der Waals surface area (Å²) in [6, 6.07) is 8.15. The number of hydrogen-bond acceptors (Lipinski definition) is 2. The van der Waals surface area contributed by atoms with E-state index in [0.29, 0.717) is 41.2 Å². The monoisotopic (exact) mass is 283 g/mol. The van der Waals surface area contributed by atoms with E-state index in [0.717, 1.165) is 6.42 Å². The van der Waals surface area contributed by atoms with Crippen LogP contribution in [-0.4, -0.2) is 11.6 Å². The Morgan fingerprint density at radius 3 is 2.19 bits per heavy atom. The lowest BCUT2D eigenvalue weighted by Gasteiger charge is -2.11. The summed E-state index contributed by atoms with van der Waals surface area (Å²) < 4.78 is 0. The molecule has 0 saturated heterocycles. The molecule has 0 heterocycles. The quantitative estimate of drug-likeness (QED) is 0.704. The first-order valence-electron chi connectivity index (χ1n) is 7.39. The number of hydrogen-bond donors (Lipinski definition) is 0. The molecular weight excluding hydrogens is 264 g/mol. The molecule has 0 atom stereocenters. The molecule has 0 aliphatic carbocycles. The summed E-state index contributed by atoms with van der Waals surface area (Å²) in [6.45, 7) is 3.86. The van der Waals surface area contributed by atoms with Crippen LogP contribution < -0.4 is 0 Å². The van der Waals surface area contributed by atoms with E-state index in [4.69, 9.17) is 0 Å². The van der Waals surface area contributed by atoms with Crippen molar-refractivity contribution < 1.29 is 14.7 Å². The molecule has 21 heavy (non-hydrogen) atoms. The molecule has 0 bridgehead atoms. The molecule has 1 radical (unpaired) electrons. The molecule has 109 valence electrons. The highest BCUT2D eigenvalue weighted by molar-refractivity contribution is 6.17. The maximum atomic E-state index is 12.4. The molecule has 0 unspecified atom stereocenters. The first-order chi connectivity index (χ1) is 10.1. The van der Waals surface area contributed by atoms with Gasteiger partial charge in [-0.25, -0.2) is 0 Å². The van der Waals surface area contributed by atoms with Crippen molar-refractivity contribution in [1.29, 1.82) is 0 Å². The third kappa shape index (κ3) is 2.97. The van der Waals surface area contributed by atoms with Gasteiger partial charge in [0.05, 0.1) is 0 Å². The Balaban J connectivity index is 2.71. The van der Waals surface area contributed by atoms with E-state index < -0.39 is 0 Å². The third-order valence-corrected chi connectivity index (χ3v) is 3.55. The summed E-state index contributed by atoms with van der Waals surface area (Å²) in [7, 11) is 0. The molecule has 2 rings (SSSR count). The molecule has 0 fully saturated rings. The van der Waals surface area contributed by atoms with E-state index in [2.05, 4.69) is 0 Å². The largest absolute Gasteiger partial charge is 0.294 e. The van der Waals surface area contributed by atoms with Crippen LogP contribution in [0, 0.1) is 0 Å². The Bertz CT molecular complexity index is 686. The van der Waals surface area contributed by atoms with Crippen LogP contribution in [0.1, 0.15) is 60.2 Å². The maximum absolute atomic E-state index is 12.4. The molecule has 3 nitrogen and oxygen atoms in total. The number of carbonyl (C=O) groups is 2. The van der Waals surface area contributed by atoms with Crippen LogP contribution in [0.2, 0.25) is 0 Å².